The lowest BCUT2D eigenvalue weighted by Gasteiger charge is -2.11. The van der Waals surface area contributed by atoms with E-state index in [9.17, 15) is 4.79 Å². The normalized spacial score (nSPS) is 11.6. The maximum atomic E-state index is 13.9. The van der Waals surface area contributed by atoms with Gasteiger partial charge in [-0.15, -0.1) is 0 Å². The zero-order chi connectivity index (χ0) is 23.2. The number of benzene rings is 3. The van der Waals surface area contributed by atoms with Crippen LogP contribution in [0.4, 0.5) is 0 Å². The highest BCUT2D eigenvalue weighted by molar-refractivity contribution is 6.05. The average Bonchev–Trinajstić information content (AvgIpc) is 3.16. The Hall–Kier alpha value is -4.32. The fourth-order valence-corrected chi connectivity index (χ4v) is 4.59. The summed E-state index contributed by atoms with van der Waals surface area (Å²) in [7, 11) is 0. The Morgan fingerprint density at radius 1 is 0.765 bits per heavy atom. The molecule has 0 N–H and O–H groups in total. The van der Waals surface area contributed by atoms with Gasteiger partial charge in [0, 0.05) is 12.2 Å². The van der Waals surface area contributed by atoms with E-state index in [-0.39, 0.29) is 5.56 Å². The molecule has 0 fully saturated rings. The summed E-state index contributed by atoms with van der Waals surface area (Å²) in [6.45, 7) is 4.49. The summed E-state index contributed by atoms with van der Waals surface area (Å²) in [5.74, 6) is 0.676. The van der Waals surface area contributed by atoms with Crippen LogP contribution in [0.1, 0.15) is 17.0 Å². The molecule has 166 valence electrons. The SMILES string of the molecule is Cc1cccc(-n2c3nc4ccccc4nc3c3c(=O)n(CCc4ccccc4)c(C)nc32)c1. The van der Waals surface area contributed by atoms with Gasteiger partial charge in [-0.3, -0.25) is 13.9 Å². The molecule has 0 aliphatic rings. The van der Waals surface area contributed by atoms with Crippen molar-refractivity contribution in [2.45, 2.75) is 26.8 Å². The van der Waals surface area contributed by atoms with E-state index in [1.54, 1.807) is 4.57 Å². The summed E-state index contributed by atoms with van der Waals surface area (Å²) in [5, 5.41) is 0.508. The molecule has 34 heavy (non-hydrogen) atoms. The molecule has 0 aliphatic carbocycles. The van der Waals surface area contributed by atoms with Gasteiger partial charge in [0.25, 0.3) is 5.56 Å². The summed E-state index contributed by atoms with van der Waals surface area (Å²) < 4.78 is 3.72. The van der Waals surface area contributed by atoms with E-state index in [1.807, 2.05) is 79.1 Å². The number of aryl methyl sites for hydroxylation is 3. The van der Waals surface area contributed by atoms with Gasteiger partial charge in [-0.1, -0.05) is 54.6 Å². The maximum Gasteiger partial charge on any atom is 0.265 e. The van der Waals surface area contributed by atoms with Crippen molar-refractivity contribution in [2.24, 2.45) is 0 Å². The molecule has 6 aromatic rings. The van der Waals surface area contributed by atoms with Crippen LogP contribution in [0.15, 0.2) is 83.7 Å². The zero-order valence-corrected chi connectivity index (χ0v) is 19.1. The largest absolute Gasteiger partial charge is 0.296 e. The first-order valence-corrected chi connectivity index (χ1v) is 11.4. The van der Waals surface area contributed by atoms with E-state index < -0.39 is 0 Å². The Labute approximate surface area is 196 Å². The molecule has 0 aliphatic heterocycles. The van der Waals surface area contributed by atoms with Gasteiger partial charge in [0.1, 0.15) is 16.7 Å². The number of aromatic nitrogens is 5. The topological polar surface area (TPSA) is 65.6 Å². The van der Waals surface area contributed by atoms with Gasteiger partial charge in [0.2, 0.25) is 0 Å². The number of hydrogen-bond donors (Lipinski definition) is 0. The van der Waals surface area contributed by atoms with Crippen LogP contribution in [0.2, 0.25) is 0 Å². The predicted molar refractivity (Wildman–Crippen MR) is 136 cm³/mol. The number of para-hydroxylation sites is 2. The molecule has 0 bridgehead atoms. The third-order valence-corrected chi connectivity index (χ3v) is 6.28. The molecule has 6 heteroatoms. The quantitative estimate of drug-likeness (QED) is 0.377. The van der Waals surface area contributed by atoms with E-state index in [0.29, 0.717) is 34.6 Å². The van der Waals surface area contributed by atoms with Crippen LogP contribution < -0.4 is 5.56 Å². The van der Waals surface area contributed by atoms with E-state index in [1.165, 1.54) is 5.56 Å². The molecular formula is C28H23N5O. The minimum absolute atomic E-state index is 0.0839. The first kappa shape index (κ1) is 20.3. The molecule has 0 unspecified atom stereocenters. The lowest BCUT2D eigenvalue weighted by Crippen LogP contribution is -2.25. The highest BCUT2D eigenvalue weighted by Gasteiger charge is 2.22. The van der Waals surface area contributed by atoms with Gasteiger partial charge in [-0.25, -0.2) is 15.0 Å². The van der Waals surface area contributed by atoms with Gasteiger partial charge in [0.05, 0.1) is 11.0 Å². The van der Waals surface area contributed by atoms with Crippen LogP contribution in [0.25, 0.3) is 38.9 Å². The molecular weight excluding hydrogens is 422 g/mol. The molecule has 0 atom stereocenters. The van der Waals surface area contributed by atoms with Crippen molar-refractivity contribution in [3.63, 3.8) is 0 Å². The number of rotatable bonds is 4. The molecule has 3 aromatic heterocycles. The minimum atomic E-state index is -0.0839. The molecule has 6 rings (SSSR count). The van der Waals surface area contributed by atoms with E-state index >= 15 is 0 Å². The van der Waals surface area contributed by atoms with Crippen molar-refractivity contribution in [2.75, 3.05) is 0 Å². The molecule has 0 radical (unpaired) electrons. The lowest BCUT2D eigenvalue weighted by molar-refractivity contribution is 0.637. The first-order valence-electron chi connectivity index (χ1n) is 11.4. The van der Waals surface area contributed by atoms with Gasteiger partial charge in [0.15, 0.2) is 11.3 Å². The molecule has 3 aromatic carbocycles. The summed E-state index contributed by atoms with van der Waals surface area (Å²) in [6.07, 6.45) is 0.750. The molecule has 0 amide bonds. The van der Waals surface area contributed by atoms with Crippen LogP contribution >= 0.6 is 0 Å². The van der Waals surface area contributed by atoms with Crippen LogP contribution in [-0.4, -0.2) is 24.1 Å². The Balaban J connectivity index is 1.66. The predicted octanol–water partition coefficient (Wildman–Crippen LogP) is 5.14. The van der Waals surface area contributed by atoms with Gasteiger partial charge in [-0.2, -0.15) is 0 Å². The zero-order valence-electron chi connectivity index (χ0n) is 19.1. The molecule has 3 heterocycles. The Bertz CT molecular complexity index is 1750. The van der Waals surface area contributed by atoms with Crippen molar-refractivity contribution >= 4 is 33.2 Å². The Morgan fingerprint density at radius 2 is 1.50 bits per heavy atom. The molecule has 0 spiro atoms. The minimum Gasteiger partial charge on any atom is -0.296 e. The summed E-state index contributed by atoms with van der Waals surface area (Å²) >= 11 is 0. The van der Waals surface area contributed by atoms with E-state index in [2.05, 4.69) is 18.2 Å². The highest BCUT2D eigenvalue weighted by atomic mass is 16.1. The van der Waals surface area contributed by atoms with Gasteiger partial charge < -0.3 is 0 Å². The number of nitrogens with zero attached hydrogens (tertiary/aromatic N) is 5. The van der Waals surface area contributed by atoms with Crippen LogP contribution in [-0.2, 0) is 13.0 Å². The third-order valence-electron chi connectivity index (χ3n) is 6.28. The third kappa shape index (κ3) is 3.27. The lowest BCUT2D eigenvalue weighted by atomic mass is 10.1. The Morgan fingerprint density at radius 3 is 2.26 bits per heavy atom. The second-order valence-corrected chi connectivity index (χ2v) is 8.61. The van der Waals surface area contributed by atoms with E-state index in [4.69, 9.17) is 15.0 Å². The van der Waals surface area contributed by atoms with E-state index in [0.717, 1.165) is 28.7 Å². The van der Waals surface area contributed by atoms with Crippen molar-refractivity contribution in [3.8, 4) is 5.69 Å². The second kappa shape index (κ2) is 7.92. The summed E-state index contributed by atoms with van der Waals surface area (Å²) in [4.78, 5) is 28.6. The van der Waals surface area contributed by atoms with Crippen molar-refractivity contribution < 1.29 is 0 Å². The summed E-state index contributed by atoms with van der Waals surface area (Å²) in [5.41, 5.74) is 6.50. The first-order chi connectivity index (χ1) is 16.6. The van der Waals surface area contributed by atoms with Crippen LogP contribution in [0.3, 0.4) is 0 Å². The van der Waals surface area contributed by atoms with Gasteiger partial charge >= 0.3 is 0 Å². The molecule has 6 nitrogen and oxygen atoms in total. The fourth-order valence-electron chi connectivity index (χ4n) is 4.59. The van der Waals surface area contributed by atoms with Crippen molar-refractivity contribution in [1.29, 1.82) is 0 Å². The van der Waals surface area contributed by atoms with Crippen LogP contribution in [0, 0.1) is 13.8 Å². The van der Waals surface area contributed by atoms with Gasteiger partial charge in [-0.05, 0) is 55.7 Å². The second-order valence-electron chi connectivity index (χ2n) is 8.61. The number of hydrogen-bond acceptors (Lipinski definition) is 4. The van der Waals surface area contributed by atoms with Crippen molar-refractivity contribution in [1.82, 2.24) is 24.1 Å². The standard InChI is InChI=1S/C28H23N5O/c1-18-9-8-12-21(17-18)33-26-24(25-27(33)31-23-14-7-6-13-22(23)30-25)28(34)32(19(2)29-26)16-15-20-10-4-3-5-11-20/h3-14,17H,15-16H2,1-2H3. The van der Waals surface area contributed by atoms with Crippen molar-refractivity contribution in [3.05, 3.63) is 106 Å². The average molecular weight is 446 g/mol. The fraction of sp³-hybridized carbons (Fsp3) is 0.143. The number of fused-ring (bicyclic) bond motifs is 4. The summed E-state index contributed by atoms with van der Waals surface area (Å²) in [6, 6.07) is 26.1. The molecule has 0 saturated heterocycles. The highest BCUT2D eigenvalue weighted by Crippen LogP contribution is 2.29. The maximum absolute atomic E-state index is 13.9. The Kier molecular flexibility index (Phi) is 4.73. The smallest absolute Gasteiger partial charge is 0.265 e. The van der Waals surface area contributed by atoms with Crippen LogP contribution in [0.5, 0.6) is 0 Å². The molecule has 0 saturated carbocycles. The monoisotopic (exact) mass is 445 g/mol.